The highest BCUT2D eigenvalue weighted by molar-refractivity contribution is 9.09. The Hall–Kier alpha value is -0.0100. The Morgan fingerprint density at radius 2 is 1.82 bits per heavy atom. The predicted molar refractivity (Wildman–Crippen MR) is 53.4 cm³/mol. The monoisotopic (exact) mass is 232 g/mol. The number of rotatable bonds is 1. The standard InChI is InChI=1S/C9H10BrCl/c1-9(2,10)7-5-3-4-6-8(7)11/h3-6H,1-2H3. The summed E-state index contributed by atoms with van der Waals surface area (Å²) in [6.45, 7) is 4.16. The second-order valence-electron chi connectivity index (χ2n) is 2.95. The lowest BCUT2D eigenvalue weighted by Gasteiger charge is -2.17. The average molecular weight is 234 g/mol. The van der Waals surface area contributed by atoms with Gasteiger partial charge < -0.3 is 0 Å². The third kappa shape index (κ3) is 2.21. The Bertz CT molecular complexity index is 250. The number of alkyl halides is 1. The molecule has 0 saturated carbocycles. The molecule has 0 aliphatic carbocycles. The fourth-order valence-corrected chi connectivity index (χ4v) is 1.78. The van der Waals surface area contributed by atoms with Gasteiger partial charge in [-0.3, -0.25) is 0 Å². The predicted octanol–water partition coefficient (Wildman–Crippen LogP) is 3.97. The summed E-state index contributed by atoms with van der Waals surface area (Å²) in [4.78, 5) is 0. The molecule has 0 aliphatic heterocycles. The van der Waals surface area contributed by atoms with Crippen LogP contribution >= 0.6 is 27.5 Å². The van der Waals surface area contributed by atoms with Gasteiger partial charge in [-0.25, -0.2) is 0 Å². The highest BCUT2D eigenvalue weighted by Crippen LogP contribution is 2.34. The Morgan fingerprint density at radius 1 is 1.27 bits per heavy atom. The van der Waals surface area contributed by atoms with Crippen LogP contribution in [0, 0.1) is 0 Å². The van der Waals surface area contributed by atoms with Gasteiger partial charge in [-0.2, -0.15) is 0 Å². The van der Waals surface area contributed by atoms with E-state index in [9.17, 15) is 0 Å². The molecule has 0 N–H and O–H groups in total. The summed E-state index contributed by atoms with van der Waals surface area (Å²) in [7, 11) is 0. The topological polar surface area (TPSA) is 0 Å². The van der Waals surface area contributed by atoms with Crippen LogP contribution in [0.5, 0.6) is 0 Å². The summed E-state index contributed by atoms with van der Waals surface area (Å²) in [6.07, 6.45) is 0. The van der Waals surface area contributed by atoms with Crippen LogP contribution in [0.4, 0.5) is 0 Å². The summed E-state index contributed by atoms with van der Waals surface area (Å²) in [5.41, 5.74) is 1.13. The molecule has 0 unspecified atom stereocenters. The molecule has 1 aromatic rings. The first kappa shape index (κ1) is 9.08. The molecule has 0 aromatic heterocycles. The van der Waals surface area contributed by atoms with E-state index in [1.807, 2.05) is 24.3 Å². The van der Waals surface area contributed by atoms with Gasteiger partial charge >= 0.3 is 0 Å². The maximum Gasteiger partial charge on any atom is 0.0464 e. The highest BCUT2D eigenvalue weighted by atomic mass is 79.9. The van der Waals surface area contributed by atoms with Gasteiger partial charge in [0.1, 0.15) is 0 Å². The van der Waals surface area contributed by atoms with E-state index in [0.717, 1.165) is 10.6 Å². The maximum absolute atomic E-state index is 5.98. The molecule has 0 bridgehead atoms. The van der Waals surface area contributed by atoms with Gasteiger partial charge in [0.05, 0.1) is 0 Å². The lowest BCUT2D eigenvalue weighted by molar-refractivity contribution is 0.804. The van der Waals surface area contributed by atoms with E-state index in [1.165, 1.54) is 0 Å². The van der Waals surface area contributed by atoms with Crippen LogP contribution in [0.3, 0.4) is 0 Å². The zero-order chi connectivity index (χ0) is 8.48. The smallest absolute Gasteiger partial charge is 0.0464 e. The van der Waals surface area contributed by atoms with Crippen molar-refractivity contribution < 1.29 is 0 Å². The number of halogens is 2. The molecule has 0 saturated heterocycles. The third-order valence-corrected chi connectivity index (χ3v) is 2.27. The van der Waals surface area contributed by atoms with Crippen molar-refractivity contribution >= 4 is 27.5 Å². The Kier molecular flexibility index (Phi) is 2.61. The average Bonchev–Trinajstić information content (AvgIpc) is 1.86. The second-order valence-corrected chi connectivity index (χ2v) is 5.34. The maximum atomic E-state index is 5.98. The molecule has 11 heavy (non-hydrogen) atoms. The molecule has 0 amide bonds. The van der Waals surface area contributed by atoms with Gasteiger partial charge in [-0.1, -0.05) is 45.7 Å². The van der Waals surface area contributed by atoms with Crippen LogP contribution < -0.4 is 0 Å². The molecular formula is C9H10BrCl. The van der Waals surface area contributed by atoms with Crippen LogP contribution in [0.1, 0.15) is 19.4 Å². The van der Waals surface area contributed by atoms with E-state index >= 15 is 0 Å². The van der Waals surface area contributed by atoms with Crippen molar-refractivity contribution in [2.75, 3.05) is 0 Å². The van der Waals surface area contributed by atoms with Gasteiger partial charge in [-0.05, 0) is 25.5 Å². The molecule has 0 atom stereocenters. The minimum Gasteiger partial charge on any atom is -0.0840 e. The van der Waals surface area contributed by atoms with Crippen molar-refractivity contribution in [1.29, 1.82) is 0 Å². The number of benzene rings is 1. The fraction of sp³-hybridized carbons (Fsp3) is 0.333. The van der Waals surface area contributed by atoms with Crippen molar-refractivity contribution in [2.45, 2.75) is 18.2 Å². The SMILES string of the molecule is CC(C)(Br)c1ccccc1Cl. The van der Waals surface area contributed by atoms with Crippen molar-refractivity contribution in [3.8, 4) is 0 Å². The molecule has 0 spiro atoms. The van der Waals surface area contributed by atoms with Gasteiger partial charge in [0.15, 0.2) is 0 Å². The molecule has 1 rings (SSSR count). The van der Waals surface area contributed by atoms with E-state index in [0.29, 0.717) is 0 Å². The largest absolute Gasteiger partial charge is 0.0840 e. The molecule has 0 fully saturated rings. The van der Waals surface area contributed by atoms with E-state index in [1.54, 1.807) is 0 Å². The minimum atomic E-state index is -0.0364. The van der Waals surface area contributed by atoms with E-state index in [2.05, 4.69) is 29.8 Å². The first-order chi connectivity index (χ1) is 5.02. The summed E-state index contributed by atoms with van der Waals surface area (Å²) in [5, 5.41) is 0.814. The van der Waals surface area contributed by atoms with Gasteiger partial charge in [0.25, 0.3) is 0 Å². The van der Waals surface area contributed by atoms with Gasteiger partial charge in [0, 0.05) is 9.35 Å². The van der Waals surface area contributed by atoms with Crippen LogP contribution in [0.15, 0.2) is 24.3 Å². The zero-order valence-electron chi connectivity index (χ0n) is 6.57. The van der Waals surface area contributed by atoms with E-state index in [4.69, 9.17) is 11.6 Å². The molecule has 0 aliphatic rings. The zero-order valence-corrected chi connectivity index (χ0v) is 8.91. The third-order valence-electron chi connectivity index (χ3n) is 1.51. The van der Waals surface area contributed by atoms with E-state index < -0.39 is 0 Å². The Morgan fingerprint density at radius 3 is 2.18 bits per heavy atom. The fourth-order valence-electron chi connectivity index (χ4n) is 0.943. The summed E-state index contributed by atoms with van der Waals surface area (Å²) in [5.74, 6) is 0. The van der Waals surface area contributed by atoms with Crippen molar-refractivity contribution in [1.82, 2.24) is 0 Å². The summed E-state index contributed by atoms with van der Waals surface area (Å²) < 4.78 is -0.0364. The van der Waals surface area contributed by atoms with Crippen LogP contribution in [-0.4, -0.2) is 0 Å². The Balaban J connectivity index is 3.14. The quantitative estimate of drug-likeness (QED) is 0.644. The molecule has 60 valence electrons. The van der Waals surface area contributed by atoms with Gasteiger partial charge in [0.2, 0.25) is 0 Å². The van der Waals surface area contributed by atoms with Crippen molar-refractivity contribution in [3.63, 3.8) is 0 Å². The molecule has 1 aromatic carbocycles. The lowest BCUT2D eigenvalue weighted by Crippen LogP contribution is -2.06. The molecule has 0 nitrogen and oxygen atoms in total. The second kappa shape index (κ2) is 3.16. The minimum absolute atomic E-state index is 0.0364. The first-order valence-corrected chi connectivity index (χ1v) is 4.63. The summed E-state index contributed by atoms with van der Waals surface area (Å²) in [6, 6.07) is 7.85. The Labute approximate surface area is 80.7 Å². The number of hydrogen-bond donors (Lipinski definition) is 0. The van der Waals surface area contributed by atoms with Crippen LogP contribution in [0.2, 0.25) is 5.02 Å². The van der Waals surface area contributed by atoms with Crippen LogP contribution in [-0.2, 0) is 4.32 Å². The van der Waals surface area contributed by atoms with Gasteiger partial charge in [-0.15, -0.1) is 0 Å². The lowest BCUT2D eigenvalue weighted by atomic mass is 10.0. The molecule has 2 heteroatoms. The normalized spacial score (nSPS) is 11.6. The molecule has 0 heterocycles. The van der Waals surface area contributed by atoms with Crippen molar-refractivity contribution in [3.05, 3.63) is 34.9 Å². The highest BCUT2D eigenvalue weighted by Gasteiger charge is 2.17. The van der Waals surface area contributed by atoms with E-state index in [-0.39, 0.29) is 4.32 Å². The first-order valence-electron chi connectivity index (χ1n) is 3.46. The molecule has 0 radical (unpaired) electrons. The number of hydrogen-bond acceptors (Lipinski definition) is 0. The van der Waals surface area contributed by atoms with Crippen molar-refractivity contribution in [2.24, 2.45) is 0 Å². The van der Waals surface area contributed by atoms with Crippen LogP contribution in [0.25, 0.3) is 0 Å². The summed E-state index contributed by atoms with van der Waals surface area (Å²) >= 11 is 9.53. The molecular weight excluding hydrogens is 223 g/mol.